The van der Waals surface area contributed by atoms with Crippen LogP contribution in [0.4, 0.5) is 5.69 Å². The summed E-state index contributed by atoms with van der Waals surface area (Å²) in [5.41, 5.74) is 9.01. The van der Waals surface area contributed by atoms with Crippen molar-refractivity contribution < 1.29 is 4.74 Å². The van der Waals surface area contributed by atoms with E-state index in [1.807, 2.05) is 30.3 Å². The van der Waals surface area contributed by atoms with Crippen LogP contribution in [0.5, 0.6) is 5.75 Å². The van der Waals surface area contributed by atoms with Crippen LogP contribution in [0.2, 0.25) is 0 Å². The van der Waals surface area contributed by atoms with Gasteiger partial charge in [0, 0.05) is 29.3 Å². The summed E-state index contributed by atoms with van der Waals surface area (Å²) >= 11 is 0. The maximum absolute atomic E-state index is 5.81. The number of nitrogens with zero attached hydrogens (tertiary/aromatic N) is 1. The SMILES string of the molecule is COc1ccc2c(ccn2Cc2cccc(N)c2)c1. The van der Waals surface area contributed by atoms with Crippen molar-refractivity contribution in [1.29, 1.82) is 0 Å². The summed E-state index contributed by atoms with van der Waals surface area (Å²) < 4.78 is 7.45. The Kier molecular flexibility index (Phi) is 2.88. The molecule has 19 heavy (non-hydrogen) atoms. The van der Waals surface area contributed by atoms with E-state index in [-0.39, 0.29) is 0 Å². The van der Waals surface area contributed by atoms with Crippen LogP contribution in [0.3, 0.4) is 0 Å². The zero-order chi connectivity index (χ0) is 13.2. The van der Waals surface area contributed by atoms with Gasteiger partial charge in [0.1, 0.15) is 5.75 Å². The van der Waals surface area contributed by atoms with E-state index >= 15 is 0 Å². The molecule has 2 N–H and O–H groups in total. The molecule has 3 aromatic rings. The molecule has 1 heterocycles. The van der Waals surface area contributed by atoms with Crippen molar-refractivity contribution in [2.75, 3.05) is 12.8 Å². The lowest BCUT2D eigenvalue weighted by molar-refractivity contribution is 0.415. The van der Waals surface area contributed by atoms with Gasteiger partial charge in [-0.2, -0.15) is 0 Å². The van der Waals surface area contributed by atoms with Crippen LogP contribution in [-0.4, -0.2) is 11.7 Å². The monoisotopic (exact) mass is 252 g/mol. The van der Waals surface area contributed by atoms with Gasteiger partial charge < -0.3 is 15.0 Å². The van der Waals surface area contributed by atoms with Crippen LogP contribution in [0.25, 0.3) is 10.9 Å². The van der Waals surface area contributed by atoms with Gasteiger partial charge in [0.2, 0.25) is 0 Å². The molecule has 0 saturated heterocycles. The molecule has 2 aromatic carbocycles. The minimum Gasteiger partial charge on any atom is -0.497 e. The van der Waals surface area contributed by atoms with Crippen LogP contribution in [-0.2, 0) is 6.54 Å². The molecule has 0 aliphatic heterocycles. The highest BCUT2D eigenvalue weighted by Gasteiger charge is 2.03. The Labute approximate surface area is 112 Å². The van der Waals surface area contributed by atoms with Gasteiger partial charge in [0.15, 0.2) is 0 Å². The predicted molar refractivity (Wildman–Crippen MR) is 78.4 cm³/mol. The Balaban J connectivity index is 1.97. The molecule has 0 fully saturated rings. The van der Waals surface area contributed by atoms with E-state index in [1.54, 1.807) is 7.11 Å². The summed E-state index contributed by atoms with van der Waals surface area (Å²) in [5.74, 6) is 0.884. The summed E-state index contributed by atoms with van der Waals surface area (Å²) in [7, 11) is 1.69. The largest absolute Gasteiger partial charge is 0.497 e. The van der Waals surface area contributed by atoms with Crippen LogP contribution in [0, 0.1) is 0 Å². The van der Waals surface area contributed by atoms with Gasteiger partial charge >= 0.3 is 0 Å². The van der Waals surface area contributed by atoms with E-state index in [2.05, 4.69) is 29.0 Å². The Morgan fingerprint density at radius 2 is 2.00 bits per heavy atom. The average Bonchev–Trinajstić information content (AvgIpc) is 2.81. The van der Waals surface area contributed by atoms with Crippen LogP contribution >= 0.6 is 0 Å². The second-order valence-corrected chi connectivity index (χ2v) is 4.61. The maximum Gasteiger partial charge on any atom is 0.119 e. The molecule has 0 aliphatic rings. The first kappa shape index (κ1) is 11.7. The number of nitrogens with two attached hydrogens (primary N) is 1. The Hall–Kier alpha value is -2.42. The van der Waals surface area contributed by atoms with Gasteiger partial charge in [0.25, 0.3) is 0 Å². The third kappa shape index (κ3) is 2.27. The van der Waals surface area contributed by atoms with E-state index in [0.29, 0.717) is 0 Å². The van der Waals surface area contributed by atoms with E-state index in [9.17, 15) is 0 Å². The van der Waals surface area contributed by atoms with Gasteiger partial charge in [-0.1, -0.05) is 12.1 Å². The van der Waals surface area contributed by atoms with Gasteiger partial charge in [-0.25, -0.2) is 0 Å². The molecule has 0 saturated carbocycles. The second kappa shape index (κ2) is 4.69. The highest BCUT2D eigenvalue weighted by molar-refractivity contribution is 5.81. The normalized spacial score (nSPS) is 10.8. The third-order valence-electron chi connectivity index (χ3n) is 3.28. The van der Waals surface area contributed by atoms with E-state index in [1.165, 1.54) is 16.5 Å². The first-order valence-electron chi connectivity index (χ1n) is 6.23. The number of nitrogen functional groups attached to an aromatic ring is 1. The summed E-state index contributed by atoms with van der Waals surface area (Å²) in [6.45, 7) is 0.820. The number of ether oxygens (including phenoxy) is 1. The summed E-state index contributed by atoms with van der Waals surface area (Å²) in [4.78, 5) is 0. The highest BCUT2D eigenvalue weighted by Crippen LogP contribution is 2.22. The lowest BCUT2D eigenvalue weighted by Crippen LogP contribution is -1.98. The molecule has 96 valence electrons. The zero-order valence-corrected chi connectivity index (χ0v) is 10.8. The summed E-state index contributed by atoms with van der Waals surface area (Å²) in [6.07, 6.45) is 2.09. The first-order valence-corrected chi connectivity index (χ1v) is 6.23. The molecular weight excluding hydrogens is 236 g/mol. The molecule has 1 aromatic heterocycles. The third-order valence-corrected chi connectivity index (χ3v) is 3.28. The van der Waals surface area contributed by atoms with Gasteiger partial charge in [-0.3, -0.25) is 0 Å². The Morgan fingerprint density at radius 1 is 1.11 bits per heavy atom. The van der Waals surface area contributed by atoms with Gasteiger partial charge in [0.05, 0.1) is 7.11 Å². The molecule has 0 amide bonds. The predicted octanol–water partition coefficient (Wildman–Crippen LogP) is 3.28. The Morgan fingerprint density at radius 3 is 2.79 bits per heavy atom. The molecule has 0 aliphatic carbocycles. The molecule has 3 heteroatoms. The Bertz CT molecular complexity index is 716. The summed E-state index contributed by atoms with van der Waals surface area (Å²) in [6, 6.07) is 16.2. The van der Waals surface area contributed by atoms with Crippen LogP contribution < -0.4 is 10.5 Å². The maximum atomic E-state index is 5.81. The lowest BCUT2D eigenvalue weighted by atomic mass is 10.2. The van der Waals surface area contributed by atoms with E-state index in [4.69, 9.17) is 10.5 Å². The number of hydrogen-bond donors (Lipinski definition) is 1. The van der Waals surface area contributed by atoms with Crippen molar-refractivity contribution in [2.45, 2.75) is 6.54 Å². The van der Waals surface area contributed by atoms with Gasteiger partial charge in [-0.05, 0) is 42.0 Å². The second-order valence-electron chi connectivity index (χ2n) is 4.61. The molecule has 0 radical (unpaired) electrons. The fourth-order valence-electron chi connectivity index (χ4n) is 2.33. The number of benzene rings is 2. The molecule has 0 unspecified atom stereocenters. The van der Waals surface area contributed by atoms with Crippen molar-refractivity contribution in [3.05, 3.63) is 60.3 Å². The van der Waals surface area contributed by atoms with E-state index < -0.39 is 0 Å². The number of aromatic nitrogens is 1. The average molecular weight is 252 g/mol. The van der Waals surface area contributed by atoms with Crippen molar-refractivity contribution in [3.63, 3.8) is 0 Å². The minimum absolute atomic E-state index is 0.802. The molecular formula is C16H16N2O. The fourth-order valence-corrected chi connectivity index (χ4v) is 2.33. The molecule has 3 nitrogen and oxygen atoms in total. The molecule has 3 rings (SSSR count). The van der Waals surface area contributed by atoms with Crippen LogP contribution in [0.1, 0.15) is 5.56 Å². The summed E-state index contributed by atoms with van der Waals surface area (Å²) in [5, 5.41) is 1.18. The molecule has 0 bridgehead atoms. The lowest BCUT2D eigenvalue weighted by Gasteiger charge is -2.07. The van der Waals surface area contributed by atoms with Crippen molar-refractivity contribution in [2.24, 2.45) is 0 Å². The highest BCUT2D eigenvalue weighted by atomic mass is 16.5. The zero-order valence-electron chi connectivity index (χ0n) is 10.8. The number of anilines is 1. The van der Waals surface area contributed by atoms with Crippen molar-refractivity contribution in [1.82, 2.24) is 4.57 Å². The number of fused-ring (bicyclic) bond motifs is 1. The van der Waals surface area contributed by atoms with E-state index in [0.717, 1.165) is 18.0 Å². The first-order chi connectivity index (χ1) is 9.26. The fraction of sp³-hybridized carbons (Fsp3) is 0.125. The standard InChI is InChI=1S/C16H16N2O/c1-19-15-5-6-16-13(10-15)7-8-18(16)11-12-3-2-4-14(17)9-12/h2-10H,11,17H2,1H3. The minimum atomic E-state index is 0.802. The number of rotatable bonds is 3. The number of methoxy groups -OCH3 is 1. The van der Waals surface area contributed by atoms with Crippen molar-refractivity contribution in [3.8, 4) is 5.75 Å². The van der Waals surface area contributed by atoms with Gasteiger partial charge in [-0.15, -0.1) is 0 Å². The van der Waals surface area contributed by atoms with Crippen molar-refractivity contribution >= 4 is 16.6 Å². The quantitative estimate of drug-likeness (QED) is 0.727. The molecule has 0 atom stereocenters. The molecule has 0 spiro atoms. The number of hydrogen-bond acceptors (Lipinski definition) is 2. The van der Waals surface area contributed by atoms with Crippen LogP contribution in [0.15, 0.2) is 54.7 Å². The topological polar surface area (TPSA) is 40.2 Å². The smallest absolute Gasteiger partial charge is 0.119 e.